The number of carbonyl (C=O) groups is 1. The third-order valence-corrected chi connectivity index (χ3v) is 7.21. The number of likely N-dealkylation sites (N-methyl/N-ethyl adjacent to an activating group) is 1. The van der Waals surface area contributed by atoms with Crippen LogP contribution in [0.3, 0.4) is 0 Å². The van der Waals surface area contributed by atoms with Gasteiger partial charge < -0.3 is 5.32 Å². The van der Waals surface area contributed by atoms with E-state index in [4.69, 9.17) is 11.6 Å². The van der Waals surface area contributed by atoms with Gasteiger partial charge in [-0.1, -0.05) is 11.6 Å². The van der Waals surface area contributed by atoms with E-state index >= 15 is 0 Å². The van der Waals surface area contributed by atoms with Crippen LogP contribution in [0.2, 0.25) is 5.02 Å². The molecule has 1 aliphatic heterocycles. The number of alkyl halides is 3. The molecule has 0 aliphatic carbocycles. The predicted molar refractivity (Wildman–Crippen MR) is 98.1 cm³/mol. The molecule has 1 aliphatic rings. The largest absolute Gasteiger partial charge is 0.443 e. The number of thiazole rings is 1. The molecule has 2 N–H and O–H groups in total. The predicted octanol–water partition coefficient (Wildman–Crippen LogP) is 3.17. The van der Waals surface area contributed by atoms with Crippen LogP contribution in [0.25, 0.3) is 0 Å². The van der Waals surface area contributed by atoms with E-state index in [1.165, 1.54) is 6.07 Å². The van der Waals surface area contributed by atoms with E-state index in [0.717, 1.165) is 29.7 Å². The Kier molecular flexibility index (Phi) is 5.89. The summed E-state index contributed by atoms with van der Waals surface area (Å²) in [6.45, 7) is 0. The van der Waals surface area contributed by atoms with Crippen molar-refractivity contribution in [2.75, 3.05) is 12.4 Å². The fourth-order valence-electron chi connectivity index (χ4n) is 2.67. The maximum absolute atomic E-state index is 13.3. The molecule has 3 rings (SSSR count). The van der Waals surface area contributed by atoms with Crippen LogP contribution in [-0.4, -0.2) is 36.7 Å². The van der Waals surface area contributed by atoms with Gasteiger partial charge in [0, 0.05) is 23.8 Å². The maximum atomic E-state index is 13.3. The van der Waals surface area contributed by atoms with Crippen molar-refractivity contribution >= 4 is 44.7 Å². The van der Waals surface area contributed by atoms with Crippen LogP contribution in [0.4, 0.5) is 23.2 Å². The lowest BCUT2D eigenvalue weighted by Crippen LogP contribution is -2.55. The van der Waals surface area contributed by atoms with Crippen molar-refractivity contribution < 1.29 is 30.8 Å². The van der Waals surface area contributed by atoms with Crippen molar-refractivity contribution in [3.63, 3.8) is 0 Å². The summed E-state index contributed by atoms with van der Waals surface area (Å²) in [5.74, 6) is -1.44. The summed E-state index contributed by atoms with van der Waals surface area (Å²) < 4.78 is 79.4. The summed E-state index contributed by atoms with van der Waals surface area (Å²) in [4.78, 5) is 15.9. The summed E-state index contributed by atoms with van der Waals surface area (Å²) in [5, 5.41) is 1.08. The van der Waals surface area contributed by atoms with Crippen LogP contribution in [0.1, 0.15) is 22.3 Å². The summed E-state index contributed by atoms with van der Waals surface area (Å²) in [7, 11) is -2.99. The summed E-state index contributed by atoms with van der Waals surface area (Å²) in [5.41, 5.74) is 0.138. The Morgan fingerprint density at radius 2 is 2.10 bits per heavy atom. The molecule has 158 valence electrons. The monoisotopic (exact) mass is 472 g/mol. The number of carbonyl (C=O) groups excluding carboxylic acids is 1. The Hall–Kier alpha value is -1.80. The first-order valence-electron chi connectivity index (χ1n) is 7.92. The molecule has 0 saturated carbocycles. The van der Waals surface area contributed by atoms with E-state index in [-0.39, 0.29) is 22.0 Å². The lowest BCUT2D eigenvalue weighted by Gasteiger charge is -2.35. The van der Waals surface area contributed by atoms with E-state index in [1.807, 2.05) is 0 Å². The number of benzene rings is 1. The Labute approximate surface area is 171 Å². The first kappa shape index (κ1) is 21.9. The molecule has 2 atom stereocenters. The summed E-state index contributed by atoms with van der Waals surface area (Å²) in [6, 6.07) is 1.12. The minimum Gasteiger partial charge on any atom is -0.325 e. The average Bonchev–Trinajstić information content (AvgIpc) is 3.11. The number of hydrogen-bond acceptors (Lipinski definition) is 5. The summed E-state index contributed by atoms with van der Waals surface area (Å²) >= 11 is 5.96. The lowest BCUT2D eigenvalue weighted by atomic mass is 10.1. The minimum absolute atomic E-state index is 0.0247. The first-order valence-corrected chi connectivity index (χ1v) is 10.6. The second kappa shape index (κ2) is 7.80. The van der Waals surface area contributed by atoms with Gasteiger partial charge in [0.15, 0.2) is 5.01 Å². The van der Waals surface area contributed by atoms with Crippen LogP contribution in [0.5, 0.6) is 0 Å². The highest BCUT2D eigenvalue weighted by molar-refractivity contribution is 7.87. The Morgan fingerprint density at radius 3 is 2.69 bits per heavy atom. The molecule has 7 nitrogen and oxygen atoms in total. The van der Waals surface area contributed by atoms with Crippen molar-refractivity contribution in [3.8, 4) is 0 Å². The lowest BCUT2D eigenvalue weighted by molar-refractivity contribution is -0.137. The number of anilines is 1. The van der Waals surface area contributed by atoms with Crippen molar-refractivity contribution in [1.29, 1.82) is 0 Å². The zero-order valence-electron chi connectivity index (χ0n) is 14.5. The number of nitrogens with zero attached hydrogens (tertiary/aromatic N) is 2. The number of hydrogen-bond donors (Lipinski definition) is 2. The zero-order chi connectivity index (χ0) is 21.6. The van der Waals surface area contributed by atoms with Gasteiger partial charge in [-0.3, -0.25) is 4.79 Å². The topological polar surface area (TPSA) is 91.4 Å². The molecular formula is C15H13ClF4N4O3S2. The number of halogens is 5. The quantitative estimate of drug-likeness (QED) is 0.671. The fraction of sp³-hybridized carbons (Fsp3) is 0.333. The highest BCUT2D eigenvalue weighted by atomic mass is 35.5. The number of nitrogens with one attached hydrogen (secondary N) is 2. The second-order valence-corrected chi connectivity index (χ2v) is 9.36. The van der Waals surface area contributed by atoms with Crippen molar-refractivity contribution in [2.24, 2.45) is 0 Å². The van der Waals surface area contributed by atoms with E-state index in [9.17, 15) is 30.8 Å². The van der Waals surface area contributed by atoms with Gasteiger partial charge in [-0.25, -0.2) is 9.37 Å². The van der Waals surface area contributed by atoms with Crippen molar-refractivity contribution in [3.05, 3.63) is 45.1 Å². The Morgan fingerprint density at radius 1 is 1.41 bits per heavy atom. The number of rotatable bonds is 3. The molecule has 1 amide bonds. The smallest absolute Gasteiger partial charge is 0.325 e. The van der Waals surface area contributed by atoms with E-state index in [2.05, 4.69) is 15.0 Å². The SMILES string of the molecule is CN1C(C(=O)Nc2ccc(F)c(Cl)c2)CC(c2cnc(C(F)(F)F)s2)NS1(=O)=O. The molecule has 1 aromatic carbocycles. The van der Waals surface area contributed by atoms with Gasteiger partial charge in [-0.05, 0) is 24.6 Å². The average molecular weight is 473 g/mol. The molecule has 29 heavy (non-hydrogen) atoms. The van der Waals surface area contributed by atoms with E-state index in [1.54, 1.807) is 0 Å². The van der Waals surface area contributed by atoms with Gasteiger partial charge >= 0.3 is 6.18 Å². The molecule has 14 heteroatoms. The van der Waals surface area contributed by atoms with Gasteiger partial charge in [0.25, 0.3) is 10.2 Å². The Balaban J connectivity index is 1.84. The standard InChI is InChI=1S/C15H13ClF4N4O3S2/c1-24-11(13(25)22-7-2-3-9(17)8(16)4-7)5-10(23-29(24,26)27)12-6-21-14(28-12)15(18,19)20/h2-4,6,10-11,23H,5H2,1H3,(H,22,25). The minimum atomic E-state index is -4.66. The van der Waals surface area contributed by atoms with E-state index in [0.29, 0.717) is 11.3 Å². The van der Waals surface area contributed by atoms with Gasteiger partial charge in [-0.2, -0.15) is 30.6 Å². The second-order valence-electron chi connectivity index (χ2n) is 6.13. The highest BCUT2D eigenvalue weighted by Gasteiger charge is 2.42. The van der Waals surface area contributed by atoms with E-state index < -0.39 is 45.2 Å². The number of amides is 1. The third kappa shape index (κ3) is 4.69. The number of aromatic nitrogens is 1. The molecule has 1 fully saturated rings. The molecule has 0 bridgehead atoms. The molecule has 2 heterocycles. The third-order valence-electron chi connectivity index (χ3n) is 4.17. The van der Waals surface area contributed by atoms with Crippen LogP contribution >= 0.6 is 22.9 Å². The molecular weight excluding hydrogens is 460 g/mol. The molecule has 2 aromatic rings. The highest BCUT2D eigenvalue weighted by Crippen LogP contribution is 2.37. The summed E-state index contributed by atoms with van der Waals surface area (Å²) in [6.07, 6.45) is -3.87. The van der Waals surface area contributed by atoms with Gasteiger partial charge in [-0.15, -0.1) is 11.3 Å². The first-order chi connectivity index (χ1) is 13.4. The zero-order valence-corrected chi connectivity index (χ0v) is 16.9. The normalized spacial score (nSPS) is 22.4. The molecule has 0 spiro atoms. The van der Waals surface area contributed by atoms with Gasteiger partial charge in [0.05, 0.1) is 11.1 Å². The van der Waals surface area contributed by atoms with Crippen molar-refractivity contribution in [2.45, 2.75) is 24.7 Å². The molecule has 1 saturated heterocycles. The maximum Gasteiger partial charge on any atom is 0.443 e. The molecule has 2 unspecified atom stereocenters. The van der Waals surface area contributed by atoms with Crippen LogP contribution in [0.15, 0.2) is 24.4 Å². The Bertz CT molecular complexity index is 1040. The van der Waals surface area contributed by atoms with Crippen LogP contribution in [-0.2, 0) is 21.2 Å². The van der Waals surface area contributed by atoms with Gasteiger partial charge in [0.1, 0.15) is 11.9 Å². The van der Waals surface area contributed by atoms with Gasteiger partial charge in [0.2, 0.25) is 5.91 Å². The van der Waals surface area contributed by atoms with Crippen molar-refractivity contribution in [1.82, 2.24) is 14.0 Å². The fourth-order valence-corrected chi connectivity index (χ4v) is 5.04. The molecule has 0 radical (unpaired) electrons. The van der Waals surface area contributed by atoms with Crippen LogP contribution < -0.4 is 10.0 Å². The van der Waals surface area contributed by atoms with Crippen LogP contribution in [0, 0.1) is 5.82 Å². The molecule has 1 aromatic heterocycles.